The van der Waals surface area contributed by atoms with E-state index in [1.54, 1.807) is 6.07 Å². The van der Waals surface area contributed by atoms with Gasteiger partial charge in [0.15, 0.2) is 5.75 Å². The van der Waals surface area contributed by atoms with E-state index in [-0.39, 0.29) is 0 Å². The van der Waals surface area contributed by atoms with Crippen LogP contribution >= 0.6 is 0 Å². The van der Waals surface area contributed by atoms with Gasteiger partial charge in [-0.1, -0.05) is 19.8 Å². The molecule has 1 aliphatic carbocycles. The summed E-state index contributed by atoms with van der Waals surface area (Å²) in [5.41, 5.74) is 0. The molecule has 5 heteroatoms. The van der Waals surface area contributed by atoms with Gasteiger partial charge in [0.2, 0.25) is 10.0 Å². The van der Waals surface area contributed by atoms with Gasteiger partial charge in [0.05, 0.1) is 6.07 Å². The van der Waals surface area contributed by atoms with Gasteiger partial charge in [-0.15, -0.1) is 0 Å². The van der Waals surface area contributed by atoms with Crippen molar-refractivity contribution in [1.82, 2.24) is 4.72 Å². The largest absolute Gasteiger partial charge is 0.225 e. The summed E-state index contributed by atoms with van der Waals surface area (Å²) in [4.78, 5) is 0. The van der Waals surface area contributed by atoms with Crippen LogP contribution in [0.4, 0.5) is 0 Å². The Hall–Kier alpha value is -0.600. The lowest BCUT2D eigenvalue weighted by Gasteiger charge is -2.26. The summed E-state index contributed by atoms with van der Waals surface area (Å²) in [7, 11) is -3.36. The van der Waals surface area contributed by atoms with Crippen LogP contribution in [-0.2, 0) is 10.0 Å². The van der Waals surface area contributed by atoms with E-state index in [0.29, 0.717) is 18.4 Å². The van der Waals surface area contributed by atoms with Gasteiger partial charge in [-0.3, -0.25) is 0 Å². The number of nitrogens with one attached hydrogen (secondary N) is 1. The summed E-state index contributed by atoms with van der Waals surface area (Å²) in [6.45, 7) is 2.70. The molecule has 0 aromatic carbocycles. The maximum atomic E-state index is 11.2. The molecule has 1 rings (SSSR count). The number of sulfonamides is 1. The molecular weight excluding hydrogens is 212 g/mol. The van der Waals surface area contributed by atoms with Crippen LogP contribution in [0.5, 0.6) is 0 Å². The van der Waals surface area contributed by atoms with E-state index in [4.69, 9.17) is 5.26 Å². The Labute approximate surface area is 91.7 Å². The summed E-state index contributed by atoms with van der Waals surface area (Å²) in [5.74, 6) is 0.710. The van der Waals surface area contributed by atoms with Gasteiger partial charge in [0.1, 0.15) is 0 Å². The molecule has 1 aliphatic rings. The molecule has 0 radical (unpaired) electrons. The van der Waals surface area contributed by atoms with Crippen molar-refractivity contribution in [2.75, 3.05) is 12.3 Å². The highest BCUT2D eigenvalue weighted by Gasteiger charge is 2.20. The van der Waals surface area contributed by atoms with Crippen molar-refractivity contribution in [2.45, 2.75) is 32.6 Å². The van der Waals surface area contributed by atoms with Gasteiger partial charge in [0, 0.05) is 6.54 Å². The van der Waals surface area contributed by atoms with Crippen LogP contribution in [0.15, 0.2) is 0 Å². The minimum atomic E-state index is -3.36. The Morgan fingerprint density at radius 3 is 2.80 bits per heavy atom. The first kappa shape index (κ1) is 12.5. The fourth-order valence-electron chi connectivity index (χ4n) is 2.13. The Balaban J connectivity index is 2.34. The van der Waals surface area contributed by atoms with Gasteiger partial charge in [-0.05, 0) is 24.7 Å². The van der Waals surface area contributed by atoms with Gasteiger partial charge in [0.25, 0.3) is 0 Å². The zero-order valence-electron chi connectivity index (χ0n) is 9.07. The average Bonchev–Trinajstić information content (AvgIpc) is 2.15. The molecular formula is C10H18N2O2S. The second-order valence-electron chi connectivity index (χ2n) is 4.40. The predicted molar refractivity (Wildman–Crippen MR) is 58.5 cm³/mol. The van der Waals surface area contributed by atoms with Crippen molar-refractivity contribution in [2.24, 2.45) is 11.8 Å². The fourth-order valence-corrected chi connectivity index (χ4v) is 2.89. The van der Waals surface area contributed by atoms with E-state index < -0.39 is 15.8 Å². The lowest BCUT2D eigenvalue weighted by Crippen LogP contribution is -2.32. The molecule has 4 nitrogen and oxygen atoms in total. The molecule has 0 aromatic heterocycles. The zero-order valence-corrected chi connectivity index (χ0v) is 9.89. The first-order chi connectivity index (χ1) is 7.03. The Morgan fingerprint density at radius 2 is 2.20 bits per heavy atom. The lowest BCUT2D eigenvalue weighted by molar-refractivity contribution is 0.283. The number of nitriles is 1. The molecule has 0 aliphatic heterocycles. The molecule has 0 heterocycles. The molecule has 1 fully saturated rings. The monoisotopic (exact) mass is 230 g/mol. The fraction of sp³-hybridized carbons (Fsp3) is 0.900. The molecule has 15 heavy (non-hydrogen) atoms. The molecule has 0 bridgehead atoms. The second-order valence-corrected chi connectivity index (χ2v) is 6.21. The highest BCUT2D eigenvalue weighted by Crippen LogP contribution is 2.27. The summed E-state index contributed by atoms with van der Waals surface area (Å²) < 4.78 is 24.9. The minimum absolute atomic E-state index is 0.435. The number of rotatable bonds is 4. The highest BCUT2D eigenvalue weighted by atomic mass is 32.2. The van der Waals surface area contributed by atoms with Gasteiger partial charge >= 0.3 is 0 Å². The quantitative estimate of drug-likeness (QED) is 0.790. The number of hydrogen-bond donors (Lipinski definition) is 1. The van der Waals surface area contributed by atoms with Gasteiger partial charge < -0.3 is 0 Å². The van der Waals surface area contributed by atoms with Crippen LogP contribution < -0.4 is 4.72 Å². The average molecular weight is 230 g/mol. The number of nitrogens with zero attached hydrogens (tertiary/aromatic N) is 1. The maximum Gasteiger partial charge on any atom is 0.225 e. The van der Waals surface area contributed by atoms with E-state index in [1.165, 1.54) is 12.8 Å². The van der Waals surface area contributed by atoms with E-state index in [1.807, 2.05) is 0 Å². The van der Waals surface area contributed by atoms with Crippen molar-refractivity contribution in [3.8, 4) is 6.07 Å². The molecule has 0 spiro atoms. The second kappa shape index (κ2) is 5.47. The van der Waals surface area contributed by atoms with Crippen LogP contribution in [0.25, 0.3) is 0 Å². The third kappa shape index (κ3) is 4.63. The van der Waals surface area contributed by atoms with E-state index >= 15 is 0 Å². The molecule has 86 valence electrons. The molecule has 1 N–H and O–H groups in total. The van der Waals surface area contributed by atoms with Crippen LogP contribution in [0.3, 0.4) is 0 Å². The molecule has 2 unspecified atom stereocenters. The summed E-state index contributed by atoms with van der Waals surface area (Å²) in [6.07, 6.45) is 4.63. The summed E-state index contributed by atoms with van der Waals surface area (Å²) in [5, 5.41) is 8.31. The first-order valence-electron chi connectivity index (χ1n) is 5.38. The van der Waals surface area contributed by atoms with Crippen molar-refractivity contribution < 1.29 is 8.42 Å². The normalized spacial score (nSPS) is 27.2. The summed E-state index contributed by atoms with van der Waals surface area (Å²) in [6, 6.07) is 1.65. The highest BCUT2D eigenvalue weighted by molar-refractivity contribution is 7.89. The third-order valence-corrected chi connectivity index (χ3v) is 4.01. The predicted octanol–water partition coefficient (Wildman–Crippen LogP) is 1.26. The third-order valence-electron chi connectivity index (χ3n) is 2.89. The lowest BCUT2D eigenvalue weighted by atomic mass is 9.83. The smallest absolute Gasteiger partial charge is 0.214 e. The van der Waals surface area contributed by atoms with Crippen molar-refractivity contribution >= 4 is 10.0 Å². The molecule has 2 atom stereocenters. The van der Waals surface area contributed by atoms with Crippen LogP contribution in [0.2, 0.25) is 0 Å². The van der Waals surface area contributed by atoms with Crippen molar-refractivity contribution in [3.05, 3.63) is 0 Å². The van der Waals surface area contributed by atoms with Crippen LogP contribution in [-0.4, -0.2) is 20.7 Å². The summed E-state index contributed by atoms with van der Waals surface area (Å²) >= 11 is 0. The topological polar surface area (TPSA) is 70.0 Å². The van der Waals surface area contributed by atoms with Crippen LogP contribution in [0.1, 0.15) is 32.6 Å². The van der Waals surface area contributed by atoms with Gasteiger partial charge in [-0.2, -0.15) is 5.26 Å². The van der Waals surface area contributed by atoms with Gasteiger partial charge in [-0.25, -0.2) is 13.1 Å². The van der Waals surface area contributed by atoms with E-state index in [2.05, 4.69) is 11.6 Å². The standard InChI is InChI=1S/C10H18N2O2S/c1-9-3-2-4-10(7-9)8-12-15(13,14)6-5-11/h9-10,12H,2-4,6-8H2,1H3. The number of hydrogen-bond acceptors (Lipinski definition) is 3. The molecule has 0 saturated heterocycles. The van der Waals surface area contributed by atoms with E-state index in [0.717, 1.165) is 12.8 Å². The maximum absolute atomic E-state index is 11.2. The Morgan fingerprint density at radius 1 is 1.47 bits per heavy atom. The Kier molecular flexibility index (Phi) is 4.55. The first-order valence-corrected chi connectivity index (χ1v) is 7.03. The minimum Gasteiger partial charge on any atom is -0.214 e. The van der Waals surface area contributed by atoms with Crippen molar-refractivity contribution in [3.63, 3.8) is 0 Å². The van der Waals surface area contributed by atoms with E-state index in [9.17, 15) is 8.42 Å². The molecule has 0 amide bonds. The Bertz CT molecular complexity index is 332. The molecule has 0 aromatic rings. The SMILES string of the molecule is CC1CCCC(CNS(=O)(=O)CC#N)C1. The van der Waals surface area contributed by atoms with Crippen molar-refractivity contribution in [1.29, 1.82) is 5.26 Å². The zero-order chi connectivity index (χ0) is 11.3. The molecule has 1 saturated carbocycles. The van der Waals surface area contributed by atoms with Crippen LogP contribution in [0, 0.1) is 23.2 Å².